The van der Waals surface area contributed by atoms with E-state index in [4.69, 9.17) is 5.73 Å². The van der Waals surface area contributed by atoms with Crippen molar-refractivity contribution < 1.29 is 0 Å². The van der Waals surface area contributed by atoms with Crippen LogP contribution in [-0.4, -0.2) is 16.5 Å². The molecule has 0 saturated carbocycles. The molecule has 0 spiro atoms. The van der Waals surface area contributed by atoms with Crippen molar-refractivity contribution in [1.82, 2.24) is 10.2 Å². The molecule has 0 radical (unpaired) electrons. The standard InChI is InChI=1S/C10H11N3S3/c1-6-5-7(11)3-4-8(6)15-10-13-12-9(14-2)16-10/h3-5H,11H2,1-2H3. The van der Waals surface area contributed by atoms with Crippen LogP contribution in [0.5, 0.6) is 0 Å². The van der Waals surface area contributed by atoms with Crippen LogP contribution in [0.4, 0.5) is 5.69 Å². The van der Waals surface area contributed by atoms with Gasteiger partial charge in [0.05, 0.1) is 0 Å². The molecule has 0 saturated heterocycles. The Morgan fingerprint density at radius 1 is 1.25 bits per heavy atom. The van der Waals surface area contributed by atoms with Crippen molar-refractivity contribution in [1.29, 1.82) is 0 Å². The molecule has 6 heteroatoms. The van der Waals surface area contributed by atoms with E-state index in [1.807, 2.05) is 24.5 Å². The highest BCUT2D eigenvalue weighted by molar-refractivity contribution is 8.03. The summed E-state index contributed by atoms with van der Waals surface area (Å²) in [5.74, 6) is 0. The third kappa shape index (κ3) is 2.69. The Bertz CT molecular complexity index is 496. The van der Waals surface area contributed by atoms with Crippen LogP contribution in [-0.2, 0) is 0 Å². The Morgan fingerprint density at radius 3 is 2.62 bits per heavy atom. The first-order chi connectivity index (χ1) is 7.69. The summed E-state index contributed by atoms with van der Waals surface area (Å²) in [7, 11) is 0. The molecular weight excluding hydrogens is 258 g/mol. The van der Waals surface area contributed by atoms with Gasteiger partial charge in [-0.1, -0.05) is 34.9 Å². The van der Waals surface area contributed by atoms with E-state index in [-0.39, 0.29) is 0 Å². The lowest BCUT2D eigenvalue weighted by atomic mass is 10.2. The van der Waals surface area contributed by atoms with Gasteiger partial charge in [0.1, 0.15) is 0 Å². The minimum atomic E-state index is 0.795. The van der Waals surface area contributed by atoms with Gasteiger partial charge in [0, 0.05) is 10.6 Å². The Balaban J connectivity index is 2.20. The van der Waals surface area contributed by atoms with Gasteiger partial charge in [-0.15, -0.1) is 10.2 Å². The Labute approximate surface area is 107 Å². The summed E-state index contributed by atoms with van der Waals surface area (Å²) in [6.45, 7) is 2.05. The van der Waals surface area contributed by atoms with E-state index in [0.717, 1.165) is 14.4 Å². The molecule has 0 fully saturated rings. The highest BCUT2D eigenvalue weighted by Crippen LogP contribution is 2.34. The molecule has 0 bridgehead atoms. The van der Waals surface area contributed by atoms with Crippen LogP contribution in [0.15, 0.2) is 31.8 Å². The Hall–Kier alpha value is -0.720. The molecule has 0 atom stereocenters. The highest BCUT2D eigenvalue weighted by atomic mass is 32.2. The lowest BCUT2D eigenvalue weighted by Gasteiger charge is -2.03. The molecule has 0 aliphatic heterocycles. The second-order valence-electron chi connectivity index (χ2n) is 3.16. The summed E-state index contributed by atoms with van der Waals surface area (Å²) in [6.07, 6.45) is 2.00. The minimum absolute atomic E-state index is 0.795. The number of aryl methyl sites for hydroxylation is 1. The van der Waals surface area contributed by atoms with Gasteiger partial charge >= 0.3 is 0 Å². The molecule has 0 aliphatic rings. The summed E-state index contributed by atoms with van der Waals surface area (Å²) in [5, 5.41) is 8.19. The second-order valence-corrected chi connectivity index (χ2v) is 6.48. The first-order valence-electron chi connectivity index (χ1n) is 4.60. The predicted molar refractivity (Wildman–Crippen MR) is 71.4 cm³/mol. The zero-order valence-electron chi connectivity index (χ0n) is 8.93. The zero-order valence-corrected chi connectivity index (χ0v) is 11.4. The maximum Gasteiger partial charge on any atom is 0.179 e. The molecule has 1 heterocycles. The molecular formula is C10H11N3S3. The van der Waals surface area contributed by atoms with E-state index in [1.165, 1.54) is 10.5 Å². The largest absolute Gasteiger partial charge is 0.399 e. The average Bonchev–Trinajstić information content (AvgIpc) is 2.70. The van der Waals surface area contributed by atoms with Crippen molar-refractivity contribution in [2.75, 3.05) is 12.0 Å². The number of nitrogens with two attached hydrogens (primary N) is 1. The third-order valence-electron chi connectivity index (χ3n) is 1.96. The quantitative estimate of drug-likeness (QED) is 0.684. The second kappa shape index (κ2) is 5.07. The van der Waals surface area contributed by atoms with Crippen molar-refractivity contribution in [3.8, 4) is 0 Å². The topological polar surface area (TPSA) is 51.8 Å². The monoisotopic (exact) mass is 269 g/mol. The van der Waals surface area contributed by atoms with Crippen LogP contribution in [0, 0.1) is 6.92 Å². The fourth-order valence-electron chi connectivity index (χ4n) is 1.20. The van der Waals surface area contributed by atoms with Gasteiger partial charge in [0.15, 0.2) is 8.68 Å². The summed E-state index contributed by atoms with van der Waals surface area (Å²) in [6, 6.07) is 5.90. The predicted octanol–water partition coefficient (Wildman–Crippen LogP) is 3.30. The average molecular weight is 269 g/mol. The van der Waals surface area contributed by atoms with Gasteiger partial charge in [-0.05, 0) is 36.9 Å². The maximum atomic E-state index is 5.71. The summed E-state index contributed by atoms with van der Waals surface area (Å²) in [4.78, 5) is 1.18. The van der Waals surface area contributed by atoms with E-state index >= 15 is 0 Å². The molecule has 2 aromatic rings. The number of hydrogen-bond donors (Lipinski definition) is 1. The number of hydrogen-bond acceptors (Lipinski definition) is 6. The van der Waals surface area contributed by atoms with Crippen LogP contribution >= 0.6 is 34.9 Å². The van der Waals surface area contributed by atoms with Crippen molar-refractivity contribution >= 4 is 40.5 Å². The molecule has 3 nitrogen and oxygen atoms in total. The molecule has 84 valence electrons. The number of anilines is 1. The lowest BCUT2D eigenvalue weighted by Crippen LogP contribution is -1.86. The van der Waals surface area contributed by atoms with Crippen molar-refractivity contribution in [3.63, 3.8) is 0 Å². The molecule has 0 amide bonds. The summed E-state index contributed by atoms with van der Waals surface area (Å²) >= 11 is 4.87. The fraction of sp³-hybridized carbons (Fsp3) is 0.200. The zero-order chi connectivity index (χ0) is 11.5. The highest BCUT2D eigenvalue weighted by Gasteiger charge is 2.07. The first-order valence-corrected chi connectivity index (χ1v) is 7.46. The number of aromatic nitrogens is 2. The smallest absolute Gasteiger partial charge is 0.179 e. The van der Waals surface area contributed by atoms with Gasteiger partial charge < -0.3 is 5.73 Å². The SMILES string of the molecule is CSc1nnc(Sc2ccc(N)cc2C)s1. The first kappa shape index (κ1) is 11.8. The van der Waals surface area contributed by atoms with Crippen LogP contribution in [0.1, 0.15) is 5.56 Å². The molecule has 2 N–H and O–H groups in total. The summed E-state index contributed by atoms with van der Waals surface area (Å²) in [5.41, 5.74) is 7.68. The molecule has 0 unspecified atom stereocenters. The molecule has 1 aromatic carbocycles. The van der Waals surface area contributed by atoms with Crippen molar-refractivity contribution in [2.24, 2.45) is 0 Å². The van der Waals surface area contributed by atoms with Gasteiger partial charge in [-0.3, -0.25) is 0 Å². The number of nitrogen functional groups attached to an aromatic ring is 1. The molecule has 0 aliphatic carbocycles. The fourth-order valence-corrected chi connectivity index (χ4v) is 3.66. The minimum Gasteiger partial charge on any atom is -0.399 e. The normalized spacial score (nSPS) is 10.6. The molecule has 16 heavy (non-hydrogen) atoms. The van der Waals surface area contributed by atoms with Gasteiger partial charge in [-0.2, -0.15) is 0 Å². The number of rotatable bonds is 3. The summed E-state index contributed by atoms with van der Waals surface area (Å²) < 4.78 is 1.97. The van der Waals surface area contributed by atoms with E-state index in [2.05, 4.69) is 17.1 Å². The Kier molecular flexibility index (Phi) is 3.73. The van der Waals surface area contributed by atoms with Crippen LogP contribution < -0.4 is 5.73 Å². The van der Waals surface area contributed by atoms with Crippen LogP contribution in [0.3, 0.4) is 0 Å². The molecule has 1 aromatic heterocycles. The van der Waals surface area contributed by atoms with E-state index < -0.39 is 0 Å². The van der Waals surface area contributed by atoms with Gasteiger partial charge in [0.2, 0.25) is 0 Å². The maximum absolute atomic E-state index is 5.71. The Morgan fingerprint density at radius 2 is 2.00 bits per heavy atom. The lowest BCUT2D eigenvalue weighted by molar-refractivity contribution is 0.955. The molecule has 2 rings (SSSR count). The number of nitrogens with zero attached hydrogens (tertiary/aromatic N) is 2. The van der Waals surface area contributed by atoms with Crippen molar-refractivity contribution in [3.05, 3.63) is 23.8 Å². The third-order valence-corrected chi connectivity index (χ3v) is 5.09. The van der Waals surface area contributed by atoms with Gasteiger partial charge in [0.25, 0.3) is 0 Å². The van der Waals surface area contributed by atoms with E-state index in [1.54, 1.807) is 34.9 Å². The van der Waals surface area contributed by atoms with Crippen molar-refractivity contribution in [2.45, 2.75) is 20.5 Å². The van der Waals surface area contributed by atoms with Crippen LogP contribution in [0.2, 0.25) is 0 Å². The van der Waals surface area contributed by atoms with E-state index in [0.29, 0.717) is 0 Å². The van der Waals surface area contributed by atoms with E-state index in [9.17, 15) is 0 Å². The number of benzene rings is 1. The van der Waals surface area contributed by atoms with Gasteiger partial charge in [-0.25, -0.2) is 0 Å². The number of thioether (sulfide) groups is 1. The van der Waals surface area contributed by atoms with Crippen LogP contribution in [0.25, 0.3) is 0 Å².